The Hall–Kier alpha value is -1.70. The van der Waals surface area contributed by atoms with Crippen molar-refractivity contribution in [3.8, 4) is 0 Å². The minimum atomic E-state index is -3.37. The van der Waals surface area contributed by atoms with Crippen LogP contribution in [0, 0.1) is 0 Å². The van der Waals surface area contributed by atoms with Crippen molar-refractivity contribution in [3.05, 3.63) is 47.8 Å². The van der Waals surface area contributed by atoms with Crippen molar-refractivity contribution in [1.82, 2.24) is 19.8 Å². The molecular formula is C14H20N4O2S. The number of aromatic amines is 1. The van der Waals surface area contributed by atoms with Gasteiger partial charge in [0.2, 0.25) is 10.0 Å². The van der Waals surface area contributed by atoms with Crippen LogP contribution < -0.4 is 5.32 Å². The average Bonchev–Trinajstić information content (AvgIpc) is 2.98. The summed E-state index contributed by atoms with van der Waals surface area (Å²) in [4.78, 5) is 0.304. The number of rotatable bonds is 6. The lowest BCUT2D eigenvalue weighted by Crippen LogP contribution is -2.22. The number of hydrogen-bond donors (Lipinski definition) is 2. The zero-order valence-electron chi connectivity index (χ0n) is 12.4. The van der Waals surface area contributed by atoms with Gasteiger partial charge in [-0.1, -0.05) is 12.1 Å². The van der Waals surface area contributed by atoms with Crippen LogP contribution in [0.5, 0.6) is 0 Å². The van der Waals surface area contributed by atoms with Crippen LogP contribution in [0.3, 0.4) is 0 Å². The Morgan fingerprint density at radius 2 is 1.95 bits per heavy atom. The minimum absolute atomic E-state index is 0.121. The molecule has 0 bridgehead atoms. The van der Waals surface area contributed by atoms with Crippen LogP contribution in [0.2, 0.25) is 0 Å². The van der Waals surface area contributed by atoms with E-state index >= 15 is 0 Å². The number of sulfonamides is 1. The predicted octanol–water partition coefficient (Wildman–Crippen LogP) is 1.51. The van der Waals surface area contributed by atoms with Crippen LogP contribution >= 0.6 is 0 Å². The van der Waals surface area contributed by atoms with Crippen molar-refractivity contribution in [1.29, 1.82) is 0 Å². The van der Waals surface area contributed by atoms with Gasteiger partial charge in [-0.05, 0) is 24.6 Å². The number of aromatic nitrogens is 2. The zero-order valence-corrected chi connectivity index (χ0v) is 13.2. The van der Waals surface area contributed by atoms with Crippen LogP contribution in [0.4, 0.5) is 0 Å². The van der Waals surface area contributed by atoms with E-state index in [4.69, 9.17) is 0 Å². The van der Waals surface area contributed by atoms with Gasteiger partial charge in [0.1, 0.15) is 0 Å². The molecule has 114 valence electrons. The van der Waals surface area contributed by atoms with E-state index in [1.54, 1.807) is 18.3 Å². The average molecular weight is 308 g/mol. The van der Waals surface area contributed by atoms with Gasteiger partial charge in [0.25, 0.3) is 0 Å². The van der Waals surface area contributed by atoms with Gasteiger partial charge in [0.05, 0.1) is 11.1 Å². The van der Waals surface area contributed by atoms with Gasteiger partial charge in [-0.25, -0.2) is 12.7 Å². The molecule has 0 aliphatic heterocycles. The fraction of sp³-hybridized carbons (Fsp3) is 0.357. The van der Waals surface area contributed by atoms with Crippen molar-refractivity contribution in [2.75, 3.05) is 14.1 Å². The molecule has 0 aliphatic rings. The maximum atomic E-state index is 12.0. The number of H-pyrrole nitrogens is 1. The minimum Gasteiger partial charge on any atom is -0.306 e. The van der Waals surface area contributed by atoms with E-state index in [9.17, 15) is 8.42 Å². The quantitative estimate of drug-likeness (QED) is 0.848. The van der Waals surface area contributed by atoms with Gasteiger partial charge in [0.15, 0.2) is 0 Å². The second-order valence-electron chi connectivity index (χ2n) is 5.07. The van der Waals surface area contributed by atoms with E-state index in [1.807, 2.05) is 25.3 Å². The van der Waals surface area contributed by atoms with Crippen molar-refractivity contribution in [2.24, 2.45) is 0 Å². The van der Waals surface area contributed by atoms with Gasteiger partial charge in [0, 0.05) is 38.4 Å². The first-order valence-corrected chi connectivity index (χ1v) is 8.09. The molecule has 2 N–H and O–H groups in total. The Labute approximate surface area is 125 Å². The standard InChI is InChI=1S/C14H20N4O2S/c1-11(15-8-12-9-16-17-10-12)13-4-6-14(7-5-13)21(19,20)18(2)3/h4-7,9-11,15H,8H2,1-3H3,(H,16,17). The molecule has 6 nitrogen and oxygen atoms in total. The molecule has 2 aromatic rings. The SMILES string of the molecule is CC(NCc1cn[nH]c1)c1ccc(S(=O)(=O)N(C)C)cc1. The molecule has 0 saturated heterocycles. The topological polar surface area (TPSA) is 78.1 Å². The highest BCUT2D eigenvalue weighted by Crippen LogP contribution is 2.18. The van der Waals surface area contributed by atoms with E-state index in [0.717, 1.165) is 11.1 Å². The van der Waals surface area contributed by atoms with Gasteiger partial charge in [-0.3, -0.25) is 5.10 Å². The number of benzene rings is 1. The molecule has 0 amide bonds. The lowest BCUT2D eigenvalue weighted by Gasteiger charge is -2.15. The molecule has 1 atom stereocenters. The molecule has 21 heavy (non-hydrogen) atoms. The number of nitrogens with zero attached hydrogens (tertiary/aromatic N) is 2. The molecule has 0 spiro atoms. The highest BCUT2D eigenvalue weighted by Gasteiger charge is 2.17. The molecule has 7 heteroatoms. The summed E-state index contributed by atoms with van der Waals surface area (Å²) in [5.74, 6) is 0. The summed E-state index contributed by atoms with van der Waals surface area (Å²) >= 11 is 0. The van der Waals surface area contributed by atoms with Gasteiger partial charge >= 0.3 is 0 Å². The molecule has 0 saturated carbocycles. The van der Waals surface area contributed by atoms with Crippen LogP contribution in [0.15, 0.2) is 41.6 Å². The summed E-state index contributed by atoms with van der Waals surface area (Å²) in [6.07, 6.45) is 3.61. The summed E-state index contributed by atoms with van der Waals surface area (Å²) in [6, 6.07) is 7.07. The summed E-state index contributed by atoms with van der Waals surface area (Å²) in [6.45, 7) is 2.74. The first-order chi connectivity index (χ1) is 9.91. The van der Waals surface area contributed by atoms with Crippen LogP contribution in [-0.2, 0) is 16.6 Å². The highest BCUT2D eigenvalue weighted by atomic mass is 32.2. The molecule has 1 aromatic heterocycles. The second kappa shape index (κ2) is 6.38. The molecule has 1 heterocycles. The summed E-state index contributed by atoms with van der Waals surface area (Å²) in [5, 5.41) is 10.0. The molecular weight excluding hydrogens is 288 g/mol. The van der Waals surface area contributed by atoms with E-state index in [1.165, 1.54) is 18.4 Å². The first-order valence-electron chi connectivity index (χ1n) is 6.65. The van der Waals surface area contributed by atoms with Crippen LogP contribution in [0.1, 0.15) is 24.1 Å². The third-order valence-electron chi connectivity index (χ3n) is 3.33. The smallest absolute Gasteiger partial charge is 0.242 e. The maximum absolute atomic E-state index is 12.0. The molecule has 2 rings (SSSR count). The molecule has 0 radical (unpaired) electrons. The first kappa shape index (κ1) is 15.7. The van der Waals surface area contributed by atoms with E-state index in [2.05, 4.69) is 15.5 Å². The Balaban J connectivity index is 2.05. The third kappa shape index (κ3) is 3.69. The summed E-state index contributed by atoms with van der Waals surface area (Å²) in [7, 11) is -0.314. The van der Waals surface area contributed by atoms with Crippen molar-refractivity contribution < 1.29 is 8.42 Å². The Morgan fingerprint density at radius 1 is 1.29 bits per heavy atom. The van der Waals surface area contributed by atoms with Gasteiger partial charge in [-0.15, -0.1) is 0 Å². The monoisotopic (exact) mass is 308 g/mol. The van der Waals surface area contributed by atoms with E-state index in [0.29, 0.717) is 11.4 Å². The molecule has 0 fully saturated rings. The van der Waals surface area contributed by atoms with Crippen molar-refractivity contribution in [3.63, 3.8) is 0 Å². The summed E-state index contributed by atoms with van der Waals surface area (Å²) < 4.78 is 25.2. The number of nitrogens with one attached hydrogen (secondary N) is 2. The zero-order chi connectivity index (χ0) is 15.5. The van der Waals surface area contributed by atoms with Crippen molar-refractivity contribution in [2.45, 2.75) is 24.4 Å². The highest BCUT2D eigenvalue weighted by molar-refractivity contribution is 7.89. The summed E-state index contributed by atoms with van der Waals surface area (Å²) in [5.41, 5.74) is 2.12. The van der Waals surface area contributed by atoms with E-state index < -0.39 is 10.0 Å². The maximum Gasteiger partial charge on any atom is 0.242 e. The van der Waals surface area contributed by atoms with Crippen molar-refractivity contribution >= 4 is 10.0 Å². The largest absolute Gasteiger partial charge is 0.306 e. The lowest BCUT2D eigenvalue weighted by atomic mass is 10.1. The Morgan fingerprint density at radius 3 is 2.48 bits per heavy atom. The molecule has 1 unspecified atom stereocenters. The van der Waals surface area contributed by atoms with Crippen LogP contribution in [-0.4, -0.2) is 37.0 Å². The fourth-order valence-corrected chi connectivity index (χ4v) is 2.80. The van der Waals surface area contributed by atoms with Crippen LogP contribution in [0.25, 0.3) is 0 Å². The Kier molecular flexibility index (Phi) is 4.76. The normalized spacial score (nSPS) is 13.5. The molecule has 0 aliphatic carbocycles. The molecule has 1 aromatic carbocycles. The fourth-order valence-electron chi connectivity index (χ4n) is 1.90. The second-order valence-corrected chi connectivity index (χ2v) is 7.22. The van der Waals surface area contributed by atoms with Gasteiger partial charge < -0.3 is 5.32 Å². The van der Waals surface area contributed by atoms with Gasteiger partial charge in [-0.2, -0.15) is 5.10 Å². The lowest BCUT2D eigenvalue weighted by molar-refractivity contribution is 0.520. The predicted molar refractivity (Wildman–Crippen MR) is 81.2 cm³/mol. The van der Waals surface area contributed by atoms with E-state index in [-0.39, 0.29) is 6.04 Å². The number of hydrogen-bond acceptors (Lipinski definition) is 4. The Bertz CT molecular complexity index is 664. The third-order valence-corrected chi connectivity index (χ3v) is 5.16.